The predicted octanol–water partition coefficient (Wildman–Crippen LogP) is 1.10. The van der Waals surface area contributed by atoms with Crippen molar-refractivity contribution >= 4 is 17.3 Å². The molecule has 0 aliphatic rings. The molecular formula is C6H6ClN3O2. The van der Waals surface area contributed by atoms with E-state index in [2.05, 4.69) is 4.98 Å². The fraction of sp³-hybridized carbons (Fsp3) is 0.167. The van der Waals surface area contributed by atoms with Crippen molar-refractivity contribution in [2.75, 3.05) is 0 Å². The van der Waals surface area contributed by atoms with Gasteiger partial charge in [0.1, 0.15) is 0 Å². The summed E-state index contributed by atoms with van der Waals surface area (Å²) in [6, 6.07) is 1.48. The van der Waals surface area contributed by atoms with Gasteiger partial charge in [-0.3, -0.25) is 10.1 Å². The maximum atomic E-state index is 10.4. The Labute approximate surface area is 73.3 Å². The number of rotatable bonds is 2. The minimum absolute atomic E-state index is 0.0819. The Morgan fingerprint density at radius 2 is 2.42 bits per heavy atom. The van der Waals surface area contributed by atoms with Crippen LogP contribution in [0.2, 0.25) is 5.15 Å². The predicted molar refractivity (Wildman–Crippen MR) is 43.8 cm³/mol. The topological polar surface area (TPSA) is 82.0 Å². The van der Waals surface area contributed by atoms with Crippen molar-refractivity contribution in [3.05, 3.63) is 33.1 Å². The van der Waals surface area contributed by atoms with Crippen LogP contribution >= 0.6 is 11.6 Å². The number of nitrogens with two attached hydrogens (primary N) is 1. The molecule has 0 fully saturated rings. The third kappa shape index (κ3) is 1.51. The van der Waals surface area contributed by atoms with E-state index in [0.29, 0.717) is 5.56 Å². The van der Waals surface area contributed by atoms with Gasteiger partial charge in [-0.1, -0.05) is 11.6 Å². The molecule has 0 aliphatic heterocycles. The molecule has 0 spiro atoms. The molecule has 0 saturated carbocycles. The highest BCUT2D eigenvalue weighted by Crippen LogP contribution is 2.25. The fourth-order valence-electron chi connectivity index (χ4n) is 0.823. The SMILES string of the molecule is NCc1ccnc(Cl)c1[N+](=O)[O-]. The molecule has 0 radical (unpaired) electrons. The number of nitro groups is 1. The first-order chi connectivity index (χ1) is 5.66. The first kappa shape index (κ1) is 8.89. The van der Waals surface area contributed by atoms with Gasteiger partial charge in [0.2, 0.25) is 5.15 Å². The van der Waals surface area contributed by atoms with Gasteiger partial charge in [0.15, 0.2) is 0 Å². The number of halogens is 1. The number of hydrogen-bond donors (Lipinski definition) is 1. The molecule has 12 heavy (non-hydrogen) atoms. The van der Waals surface area contributed by atoms with Crippen LogP contribution in [0, 0.1) is 10.1 Å². The molecule has 1 rings (SSSR count). The molecule has 0 aromatic carbocycles. The molecule has 5 nitrogen and oxygen atoms in total. The van der Waals surface area contributed by atoms with Crippen molar-refractivity contribution in [2.45, 2.75) is 6.54 Å². The average molecular weight is 188 g/mol. The van der Waals surface area contributed by atoms with Crippen LogP contribution in [0.5, 0.6) is 0 Å². The van der Waals surface area contributed by atoms with Crippen molar-refractivity contribution in [2.24, 2.45) is 5.73 Å². The Morgan fingerprint density at radius 1 is 1.75 bits per heavy atom. The van der Waals surface area contributed by atoms with Crippen LogP contribution < -0.4 is 5.73 Å². The fourth-order valence-corrected chi connectivity index (χ4v) is 1.07. The van der Waals surface area contributed by atoms with Crippen LogP contribution in [0.15, 0.2) is 12.3 Å². The van der Waals surface area contributed by atoms with Gasteiger partial charge < -0.3 is 5.73 Å². The van der Waals surface area contributed by atoms with Gasteiger partial charge in [0, 0.05) is 18.3 Å². The van der Waals surface area contributed by atoms with E-state index in [1.807, 2.05) is 0 Å². The number of hydrogen-bond acceptors (Lipinski definition) is 4. The van der Waals surface area contributed by atoms with E-state index in [9.17, 15) is 10.1 Å². The average Bonchev–Trinajstić information content (AvgIpc) is 2.03. The smallest absolute Gasteiger partial charge is 0.310 e. The molecule has 0 atom stereocenters. The second kappa shape index (κ2) is 3.46. The zero-order valence-electron chi connectivity index (χ0n) is 6.03. The Balaban J connectivity index is 3.29. The van der Waals surface area contributed by atoms with E-state index in [-0.39, 0.29) is 17.4 Å². The standard InChI is InChI=1S/C6H6ClN3O2/c7-6-5(10(11)12)4(3-8)1-2-9-6/h1-2H,3,8H2. The van der Waals surface area contributed by atoms with Gasteiger partial charge >= 0.3 is 5.69 Å². The summed E-state index contributed by atoms with van der Waals surface area (Å²) in [7, 11) is 0. The third-order valence-electron chi connectivity index (χ3n) is 1.37. The van der Waals surface area contributed by atoms with E-state index >= 15 is 0 Å². The number of aromatic nitrogens is 1. The molecule has 1 aromatic heterocycles. The third-order valence-corrected chi connectivity index (χ3v) is 1.64. The highest BCUT2D eigenvalue weighted by molar-refractivity contribution is 6.31. The molecular weight excluding hydrogens is 182 g/mol. The van der Waals surface area contributed by atoms with Crippen LogP contribution in [0.3, 0.4) is 0 Å². The molecule has 0 amide bonds. The summed E-state index contributed by atoms with van der Waals surface area (Å²) < 4.78 is 0. The van der Waals surface area contributed by atoms with E-state index in [4.69, 9.17) is 17.3 Å². The molecule has 0 bridgehead atoms. The largest absolute Gasteiger partial charge is 0.326 e. The van der Waals surface area contributed by atoms with Gasteiger partial charge in [0.25, 0.3) is 0 Å². The Hall–Kier alpha value is -1.20. The molecule has 6 heteroatoms. The molecule has 0 saturated heterocycles. The highest BCUT2D eigenvalue weighted by Gasteiger charge is 2.17. The summed E-state index contributed by atoms with van der Waals surface area (Å²) in [6.45, 7) is 0.0819. The lowest BCUT2D eigenvalue weighted by Crippen LogP contribution is -2.02. The zero-order chi connectivity index (χ0) is 9.14. The lowest BCUT2D eigenvalue weighted by atomic mass is 10.2. The second-order valence-corrected chi connectivity index (χ2v) is 2.43. The molecule has 64 valence electrons. The van der Waals surface area contributed by atoms with E-state index < -0.39 is 4.92 Å². The van der Waals surface area contributed by atoms with Crippen molar-refractivity contribution in [3.63, 3.8) is 0 Å². The van der Waals surface area contributed by atoms with Crippen molar-refractivity contribution in [1.82, 2.24) is 4.98 Å². The summed E-state index contributed by atoms with van der Waals surface area (Å²) in [4.78, 5) is 13.4. The maximum Gasteiger partial charge on any atom is 0.310 e. The molecule has 0 unspecified atom stereocenters. The van der Waals surface area contributed by atoms with Gasteiger partial charge in [0.05, 0.1) is 4.92 Å². The monoisotopic (exact) mass is 187 g/mol. The Kier molecular flexibility index (Phi) is 2.57. The lowest BCUT2D eigenvalue weighted by Gasteiger charge is -1.98. The second-order valence-electron chi connectivity index (χ2n) is 2.07. The summed E-state index contributed by atoms with van der Waals surface area (Å²) in [5, 5.41) is 10.3. The molecule has 2 N–H and O–H groups in total. The van der Waals surface area contributed by atoms with E-state index in [1.165, 1.54) is 12.3 Å². The minimum atomic E-state index is -0.586. The van der Waals surface area contributed by atoms with Gasteiger partial charge in [-0.15, -0.1) is 0 Å². The normalized spacial score (nSPS) is 9.83. The first-order valence-corrected chi connectivity index (χ1v) is 3.52. The summed E-state index contributed by atoms with van der Waals surface area (Å²) in [5.74, 6) is 0. The zero-order valence-corrected chi connectivity index (χ0v) is 6.78. The minimum Gasteiger partial charge on any atom is -0.326 e. The van der Waals surface area contributed by atoms with E-state index in [0.717, 1.165) is 0 Å². The number of nitrogens with zero attached hydrogens (tertiary/aromatic N) is 2. The van der Waals surface area contributed by atoms with Crippen LogP contribution in [-0.4, -0.2) is 9.91 Å². The van der Waals surface area contributed by atoms with Gasteiger partial charge in [-0.05, 0) is 6.07 Å². The summed E-state index contributed by atoms with van der Waals surface area (Å²) in [6.07, 6.45) is 1.39. The molecule has 1 aromatic rings. The van der Waals surface area contributed by atoms with Crippen LogP contribution in [-0.2, 0) is 6.54 Å². The lowest BCUT2D eigenvalue weighted by molar-refractivity contribution is -0.385. The van der Waals surface area contributed by atoms with Crippen LogP contribution in [0.1, 0.15) is 5.56 Å². The summed E-state index contributed by atoms with van der Waals surface area (Å²) in [5.41, 5.74) is 5.45. The summed E-state index contributed by atoms with van der Waals surface area (Å²) >= 11 is 5.49. The Bertz CT molecular complexity index is 316. The van der Waals surface area contributed by atoms with Crippen molar-refractivity contribution in [1.29, 1.82) is 0 Å². The number of pyridine rings is 1. The van der Waals surface area contributed by atoms with Crippen molar-refractivity contribution < 1.29 is 4.92 Å². The van der Waals surface area contributed by atoms with Crippen molar-refractivity contribution in [3.8, 4) is 0 Å². The quantitative estimate of drug-likeness (QED) is 0.427. The molecule has 0 aliphatic carbocycles. The molecule has 1 heterocycles. The van der Waals surface area contributed by atoms with E-state index in [1.54, 1.807) is 0 Å². The van der Waals surface area contributed by atoms with Crippen LogP contribution in [0.4, 0.5) is 5.69 Å². The van der Waals surface area contributed by atoms with Gasteiger partial charge in [-0.25, -0.2) is 4.98 Å². The highest BCUT2D eigenvalue weighted by atomic mass is 35.5. The van der Waals surface area contributed by atoms with Gasteiger partial charge in [-0.2, -0.15) is 0 Å². The Morgan fingerprint density at radius 3 is 2.83 bits per heavy atom. The first-order valence-electron chi connectivity index (χ1n) is 3.14. The van der Waals surface area contributed by atoms with Crippen LogP contribution in [0.25, 0.3) is 0 Å². The maximum absolute atomic E-state index is 10.4.